The molecule has 0 spiro atoms. The van der Waals surface area contributed by atoms with Crippen molar-refractivity contribution < 1.29 is 9.53 Å². The zero-order chi connectivity index (χ0) is 15.5. The Morgan fingerprint density at radius 3 is 2.86 bits per heavy atom. The van der Waals surface area contributed by atoms with Crippen molar-refractivity contribution in [3.63, 3.8) is 0 Å². The van der Waals surface area contributed by atoms with E-state index < -0.39 is 0 Å². The smallest absolute Gasteiger partial charge is 0.232 e. The van der Waals surface area contributed by atoms with Crippen molar-refractivity contribution in [2.75, 3.05) is 11.9 Å². The van der Waals surface area contributed by atoms with Crippen LogP contribution in [0.4, 0.5) is 5.69 Å². The predicted octanol–water partition coefficient (Wildman–Crippen LogP) is 4.52. The van der Waals surface area contributed by atoms with Crippen LogP contribution in [0.3, 0.4) is 0 Å². The van der Waals surface area contributed by atoms with E-state index >= 15 is 0 Å². The molecule has 0 saturated heterocycles. The zero-order valence-electron chi connectivity index (χ0n) is 12.4. The minimum Gasteiger partial charge on any atom is -0.493 e. The predicted molar refractivity (Wildman–Crippen MR) is 91.4 cm³/mol. The van der Waals surface area contributed by atoms with Crippen LogP contribution in [0.25, 0.3) is 0 Å². The summed E-state index contributed by atoms with van der Waals surface area (Å²) in [7, 11) is 0. The summed E-state index contributed by atoms with van der Waals surface area (Å²) < 4.78 is 6.79. The lowest BCUT2D eigenvalue weighted by molar-refractivity contribution is -0.117. The Balaban J connectivity index is 1.88. The molecule has 0 radical (unpaired) electrons. The lowest BCUT2D eigenvalue weighted by atomic mass is 9.93. The highest BCUT2D eigenvalue weighted by Crippen LogP contribution is 2.37. The fourth-order valence-corrected chi connectivity index (χ4v) is 3.12. The molecule has 22 heavy (non-hydrogen) atoms. The van der Waals surface area contributed by atoms with Crippen molar-refractivity contribution in [1.82, 2.24) is 0 Å². The molecule has 1 atom stereocenters. The quantitative estimate of drug-likeness (QED) is 0.852. The number of amides is 1. The zero-order valence-corrected chi connectivity index (χ0v) is 14.0. The van der Waals surface area contributed by atoms with Gasteiger partial charge in [-0.3, -0.25) is 4.79 Å². The van der Waals surface area contributed by atoms with Crippen LogP contribution in [0, 0.1) is 0 Å². The molecule has 0 bridgehead atoms. The number of hydrogen-bond donors (Lipinski definition) is 1. The first kappa shape index (κ1) is 15.1. The molecule has 1 amide bonds. The van der Waals surface area contributed by atoms with Gasteiger partial charge < -0.3 is 10.1 Å². The normalized spacial score (nSPS) is 16.3. The first-order valence-electron chi connectivity index (χ1n) is 7.50. The number of rotatable bonds is 5. The Morgan fingerprint density at radius 2 is 2.05 bits per heavy atom. The van der Waals surface area contributed by atoms with Crippen LogP contribution < -0.4 is 10.1 Å². The summed E-state index contributed by atoms with van der Waals surface area (Å²) in [5.74, 6) is 0.762. The van der Waals surface area contributed by atoms with E-state index in [9.17, 15) is 4.79 Å². The number of para-hydroxylation sites is 1. The fraction of sp³-hybridized carbons (Fsp3) is 0.278. The summed E-state index contributed by atoms with van der Waals surface area (Å²) in [6.07, 6.45) is 1.61. The molecule has 3 rings (SSSR count). The summed E-state index contributed by atoms with van der Waals surface area (Å²) in [4.78, 5) is 12.3. The molecule has 0 saturated carbocycles. The summed E-state index contributed by atoms with van der Waals surface area (Å²) in [5.41, 5.74) is 3.03. The number of fused-ring (bicyclic) bond motifs is 1. The Hall–Kier alpha value is -1.81. The number of ether oxygens (including phenoxy) is 1. The minimum atomic E-state index is -0.168. The lowest BCUT2D eigenvalue weighted by Gasteiger charge is -2.14. The number of carbonyl (C=O) groups is 1. The van der Waals surface area contributed by atoms with Crippen molar-refractivity contribution >= 4 is 27.5 Å². The van der Waals surface area contributed by atoms with Gasteiger partial charge in [0.15, 0.2) is 0 Å². The molecular formula is C18H18BrNO2. The van der Waals surface area contributed by atoms with E-state index in [1.165, 1.54) is 0 Å². The average Bonchev–Trinajstić information content (AvgIpc) is 2.82. The summed E-state index contributed by atoms with van der Waals surface area (Å²) >= 11 is 3.48. The van der Waals surface area contributed by atoms with Crippen molar-refractivity contribution in [2.24, 2.45) is 0 Å². The monoisotopic (exact) mass is 359 g/mol. The van der Waals surface area contributed by atoms with Crippen molar-refractivity contribution in [3.05, 3.63) is 58.1 Å². The Labute approximate surface area is 138 Å². The van der Waals surface area contributed by atoms with Crippen LogP contribution in [0.15, 0.2) is 46.9 Å². The molecule has 4 heteroatoms. The summed E-state index contributed by atoms with van der Waals surface area (Å²) in [6, 6.07) is 13.9. The molecule has 114 valence electrons. The molecule has 0 aromatic heterocycles. The second kappa shape index (κ2) is 6.53. The average molecular weight is 360 g/mol. The molecule has 0 aliphatic carbocycles. The van der Waals surface area contributed by atoms with E-state index in [1.807, 2.05) is 42.5 Å². The van der Waals surface area contributed by atoms with Gasteiger partial charge in [0.25, 0.3) is 0 Å². The number of hydrogen-bond acceptors (Lipinski definition) is 2. The molecule has 0 fully saturated rings. The summed E-state index contributed by atoms with van der Waals surface area (Å²) in [5, 5.41) is 2.96. The maximum Gasteiger partial charge on any atom is 0.232 e. The highest BCUT2D eigenvalue weighted by molar-refractivity contribution is 9.10. The van der Waals surface area contributed by atoms with E-state index in [0.717, 1.165) is 33.5 Å². The second-order valence-corrected chi connectivity index (χ2v) is 6.35. The van der Waals surface area contributed by atoms with Gasteiger partial charge in [-0.1, -0.05) is 41.1 Å². The van der Waals surface area contributed by atoms with Gasteiger partial charge in [-0.15, -0.1) is 0 Å². The number of benzene rings is 2. The number of anilines is 1. The molecule has 3 nitrogen and oxygen atoms in total. The van der Waals surface area contributed by atoms with E-state index in [0.29, 0.717) is 13.0 Å². The standard InChI is InChI=1S/C18H18BrNO2/c1-2-9-22-17-6-4-3-5-12(17)10-15-14-11-13(19)7-8-16(14)20-18(15)21/h3-8,11,15H,2,9-10H2,1H3,(H,20,21)/t15-/m1/s1. The first-order valence-corrected chi connectivity index (χ1v) is 8.29. The van der Waals surface area contributed by atoms with Gasteiger partial charge in [-0.25, -0.2) is 0 Å². The largest absolute Gasteiger partial charge is 0.493 e. The van der Waals surface area contributed by atoms with Gasteiger partial charge in [0, 0.05) is 10.2 Å². The third-order valence-electron chi connectivity index (χ3n) is 3.82. The SMILES string of the molecule is CCCOc1ccccc1C[C@H]1C(=O)Nc2ccc(Br)cc21. The van der Waals surface area contributed by atoms with Gasteiger partial charge in [-0.05, 0) is 48.2 Å². The Bertz CT molecular complexity index is 699. The highest BCUT2D eigenvalue weighted by atomic mass is 79.9. The van der Waals surface area contributed by atoms with E-state index in [2.05, 4.69) is 28.2 Å². The molecule has 2 aromatic rings. The molecule has 1 aliphatic heterocycles. The molecule has 0 unspecified atom stereocenters. The maximum atomic E-state index is 12.3. The van der Waals surface area contributed by atoms with Crippen LogP contribution in [-0.2, 0) is 11.2 Å². The van der Waals surface area contributed by atoms with E-state index in [-0.39, 0.29) is 11.8 Å². The maximum absolute atomic E-state index is 12.3. The van der Waals surface area contributed by atoms with Crippen LogP contribution in [-0.4, -0.2) is 12.5 Å². The van der Waals surface area contributed by atoms with Gasteiger partial charge in [0.1, 0.15) is 5.75 Å². The highest BCUT2D eigenvalue weighted by Gasteiger charge is 2.31. The lowest BCUT2D eigenvalue weighted by Crippen LogP contribution is -2.15. The van der Waals surface area contributed by atoms with Gasteiger partial charge >= 0.3 is 0 Å². The number of carbonyl (C=O) groups excluding carboxylic acids is 1. The minimum absolute atomic E-state index is 0.0541. The van der Waals surface area contributed by atoms with Crippen molar-refractivity contribution in [3.8, 4) is 5.75 Å². The molecule has 1 heterocycles. The van der Waals surface area contributed by atoms with Crippen LogP contribution in [0.2, 0.25) is 0 Å². The van der Waals surface area contributed by atoms with Gasteiger partial charge in [0.05, 0.1) is 12.5 Å². The summed E-state index contributed by atoms with van der Waals surface area (Å²) in [6.45, 7) is 2.77. The molecular weight excluding hydrogens is 342 g/mol. The van der Waals surface area contributed by atoms with Crippen molar-refractivity contribution in [1.29, 1.82) is 0 Å². The Kier molecular flexibility index (Phi) is 4.48. The van der Waals surface area contributed by atoms with Crippen LogP contribution >= 0.6 is 15.9 Å². The third-order valence-corrected chi connectivity index (χ3v) is 4.31. The van der Waals surface area contributed by atoms with Crippen LogP contribution in [0.5, 0.6) is 5.75 Å². The molecule has 1 aliphatic rings. The van der Waals surface area contributed by atoms with Crippen LogP contribution in [0.1, 0.15) is 30.4 Å². The number of nitrogens with one attached hydrogen (secondary N) is 1. The Morgan fingerprint density at radius 1 is 1.23 bits per heavy atom. The van der Waals surface area contributed by atoms with Gasteiger partial charge in [0.2, 0.25) is 5.91 Å². The van der Waals surface area contributed by atoms with Gasteiger partial charge in [-0.2, -0.15) is 0 Å². The number of halogens is 1. The van der Waals surface area contributed by atoms with E-state index in [4.69, 9.17) is 4.74 Å². The topological polar surface area (TPSA) is 38.3 Å². The van der Waals surface area contributed by atoms with E-state index in [1.54, 1.807) is 0 Å². The first-order chi connectivity index (χ1) is 10.7. The molecule has 1 N–H and O–H groups in total. The molecule has 2 aromatic carbocycles. The third kappa shape index (κ3) is 3.02. The van der Waals surface area contributed by atoms with Crippen molar-refractivity contribution in [2.45, 2.75) is 25.7 Å². The second-order valence-electron chi connectivity index (χ2n) is 5.43. The fourth-order valence-electron chi connectivity index (χ4n) is 2.74.